The third-order valence-electron chi connectivity index (χ3n) is 2.52. The van der Waals surface area contributed by atoms with E-state index >= 15 is 0 Å². The van der Waals surface area contributed by atoms with Crippen LogP contribution in [-0.2, 0) is 9.53 Å². The molecule has 0 saturated carbocycles. The molecule has 1 aromatic heterocycles. The lowest BCUT2D eigenvalue weighted by molar-refractivity contribution is -0.141. The van der Waals surface area contributed by atoms with Crippen LogP contribution in [0.4, 0.5) is 0 Å². The van der Waals surface area contributed by atoms with Crippen molar-refractivity contribution in [3.8, 4) is 0 Å². The molecule has 4 heteroatoms. The molecule has 84 valence electrons. The summed E-state index contributed by atoms with van der Waals surface area (Å²) in [6.45, 7) is 4.28. The third-order valence-corrected chi connectivity index (χ3v) is 2.52. The number of ether oxygens (including phenoxy) is 1. The SMILES string of the molecule is COCCC(C(=O)O)n1c(C)ccc1C. The normalized spacial score (nSPS) is 12.7. The number of hydrogen-bond acceptors (Lipinski definition) is 2. The molecule has 0 radical (unpaired) electrons. The molecule has 0 aliphatic carbocycles. The Bertz CT molecular complexity index is 324. The van der Waals surface area contributed by atoms with Crippen LogP contribution in [0.5, 0.6) is 0 Å². The molecule has 1 aromatic rings. The number of hydrogen-bond donors (Lipinski definition) is 1. The Kier molecular flexibility index (Phi) is 3.91. The van der Waals surface area contributed by atoms with Crippen molar-refractivity contribution in [2.45, 2.75) is 26.3 Å². The molecule has 1 heterocycles. The number of methoxy groups -OCH3 is 1. The van der Waals surface area contributed by atoms with Crippen LogP contribution >= 0.6 is 0 Å². The zero-order chi connectivity index (χ0) is 11.4. The second-order valence-electron chi connectivity index (χ2n) is 3.62. The predicted octanol–water partition coefficient (Wildman–Crippen LogP) is 1.77. The molecule has 0 spiro atoms. The van der Waals surface area contributed by atoms with Crippen LogP contribution < -0.4 is 0 Å². The van der Waals surface area contributed by atoms with Crippen molar-refractivity contribution in [1.29, 1.82) is 0 Å². The number of carboxylic acids is 1. The van der Waals surface area contributed by atoms with Crippen molar-refractivity contribution in [3.63, 3.8) is 0 Å². The molecule has 0 amide bonds. The van der Waals surface area contributed by atoms with E-state index in [1.54, 1.807) is 7.11 Å². The largest absolute Gasteiger partial charge is 0.480 e. The van der Waals surface area contributed by atoms with Gasteiger partial charge in [0.1, 0.15) is 6.04 Å². The Hall–Kier alpha value is -1.29. The minimum absolute atomic E-state index is 0.452. The molecule has 15 heavy (non-hydrogen) atoms. The number of rotatable bonds is 5. The Morgan fingerprint density at radius 1 is 1.47 bits per heavy atom. The second-order valence-corrected chi connectivity index (χ2v) is 3.62. The summed E-state index contributed by atoms with van der Waals surface area (Å²) < 4.78 is 6.76. The van der Waals surface area contributed by atoms with Gasteiger partial charge in [0, 0.05) is 31.5 Å². The summed E-state index contributed by atoms with van der Waals surface area (Å²) >= 11 is 0. The summed E-state index contributed by atoms with van der Waals surface area (Å²) in [6.07, 6.45) is 0.488. The molecule has 0 fully saturated rings. The van der Waals surface area contributed by atoms with Gasteiger partial charge in [-0.05, 0) is 26.0 Å². The van der Waals surface area contributed by atoms with Crippen LogP contribution in [0.25, 0.3) is 0 Å². The van der Waals surface area contributed by atoms with Gasteiger partial charge in [-0.15, -0.1) is 0 Å². The van der Waals surface area contributed by atoms with Gasteiger partial charge in [-0.25, -0.2) is 4.79 Å². The molecule has 0 aliphatic rings. The van der Waals surface area contributed by atoms with Crippen LogP contribution in [0.1, 0.15) is 23.9 Å². The van der Waals surface area contributed by atoms with E-state index in [1.807, 2.05) is 30.5 Å². The summed E-state index contributed by atoms with van der Waals surface area (Å²) in [6, 6.07) is 3.33. The first kappa shape index (κ1) is 11.8. The van der Waals surface area contributed by atoms with Gasteiger partial charge in [0.25, 0.3) is 0 Å². The average Bonchev–Trinajstić information content (AvgIpc) is 2.49. The summed E-state index contributed by atoms with van der Waals surface area (Å²) in [7, 11) is 1.58. The van der Waals surface area contributed by atoms with Crippen molar-refractivity contribution >= 4 is 5.97 Å². The van der Waals surface area contributed by atoms with Gasteiger partial charge in [-0.1, -0.05) is 0 Å². The van der Waals surface area contributed by atoms with Gasteiger partial charge in [-0.3, -0.25) is 0 Å². The van der Waals surface area contributed by atoms with E-state index in [2.05, 4.69) is 0 Å². The van der Waals surface area contributed by atoms with E-state index in [1.165, 1.54) is 0 Å². The van der Waals surface area contributed by atoms with Gasteiger partial charge in [-0.2, -0.15) is 0 Å². The fourth-order valence-electron chi connectivity index (χ4n) is 1.76. The number of aliphatic carboxylic acids is 1. The first-order valence-electron chi connectivity index (χ1n) is 4.94. The maximum Gasteiger partial charge on any atom is 0.326 e. The summed E-state index contributed by atoms with van der Waals surface area (Å²) in [4.78, 5) is 11.1. The lowest BCUT2D eigenvalue weighted by Crippen LogP contribution is -2.22. The molecule has 1 atom stereocenters. The Morgan fingerprint density at radius 3 is 2.40 bits per heavy atom. The van der Waals surface area contributed by atoms with Crippen molar-refractivity contribution in [1.82, 2.24) is 4.57 Å². The molecule has 1 rings (SSSR count). The number of aryl methyl sites for hydroxylation is 2. The minimum Gasteiger partial charge on any atom is -0.480 e. The van der Waals surface area contributed by atoms with Crippen molar-refractivity contribution in [3.05, 3.63) is 23.5 Å². The monoisotopic (exact) mass is 211 g/mol. The van der Waals surface area contributed by atoms with Gasteiger partial charge < -0.3 is 14.4 Å². The van der Waals surface area contributed by atoms with E-state index in [0.29, 0.717) is 13.0 Å². The van der Waals surface area contributed by atoms with E-state index in [9.17, 15) is 4.79 Å². The molecule has 0 aromatic carbocycles. The number of nitrogens with zero attached hydrogens (tertiary/aromatic N) is 1. The van der Waals surface area contributed by atoms with Crippen LogP contribution in [0.3, 0.4) is 0 Å². The Balaban J connectivity index is 2.93. The zero-order valence-corrected chi connectivity index (χ0v) is 9.36. The van der Waals surface area contributed by atoms with Gasteiger partial charge in [0.15, 0.2) is 0 Å². The molecular weight excluding hydrogens is 194 g/mol. The zero-order valence-electron chi connectivity index (χ0n) is 9.36. The second kappa shape index (κ2) is 4.98. The standard InChI is InChI=1S/C11H17NO3/c1-8-4-5-9(2)12(8)10(11(13)14)6-7-15-3/h4-5,10H,6-7H2,1-3H3,(H,13,14). The van der Waals surface area contributed by atoms with Crippen molar-refractivity contribution in [2.24, 2.45) is 0 Å². The molecule has 0 aliphatic heterocycles. The van der Waals surface area contributed by atoms with E-state index < -0.39 is 12.0 Å². The highest BCUT2D eigenvalue weighted by molar-refractivity contribution is 5.72. The van der Waals surface area contributed by atoms with E-state index in [-0.39, 0.29) is 0 Å². The summed E-state index contributed by atoms with van der Waals surface area (Å²) in [5.74, 6) is -0.811. The highest BCUT2D eigenvalue weighted by Crippen LogP contribution is 2.19. The summed E-state index contributed by atoms with van der Waals surface area (Å²) in [5.41, 5.74) is 1.94. The fourth-order valence-corrected chi connectivity index (χ4v) is 1.76. The van der Waals surface area contributed by atoms with Crippen LogP contribution in [0, 0.1) is 13.8 Å². The average molecular weight is 211 g/mol. The quantitative estimate of drug-likeness (QED) is 0.807. The molecule has 1 N–H and O–H groups in total. The molecule has 0 saturated heterocycles. The third kappa shape index (κ3) is 2.59. The topological polar surface area (TPSA) is 51.5 Å². The van der Waals surface area contributed by atoms with Crippen molar-refractivity contribution in [2.75, 3.05) is 13.7 Å². The van der Waals surface area contributed by atoms with Gasteiger partial charge in [0.2, 0.25) is 0 Å². The maximum absolute atomic E-state index is 11.1. The Labute approximate surface area is 89.5 Å². The molecule has 0 bridgehead atoms. The first-order valence-corrected chi connectivity index (χ1v) is 4.94. The van der Waals surface area contributed by atoms with Crippen LogP contribution in [-0.4, -0.2) is 29.4 Å². The molecular formula is C11H17NO3. The molecule has 4 nitrogen and oxygen atoms in total. The highest BCUT2D eigenvalue weighted by Gasteiger charge is 2.21. The maximum atomic E-state index is 11.1. The Morgan fingerprint density at radius 2 is 2.00 bits per heavy atom. The van der Waals surface area contributed by atoms with Crippen molar-refractivity contribution < 1.29 is 14.6 Å². The van der Waals surface area contributed by atoms with E-state index in [0.717, 1.165) is 11.4 Å². The number of carbonyl (C=O) groups is 1. The number of aromatic nitrogens is 1. The number of carboxylic acid groups (broad SMARTS) is 1. The van der Waals surface area contributed by atoms with Crippen LogP contribution in [0.2, 0.25) is 0 Å². The van der Waals surface area contributed by atoms with Crippen LogP contribution in [0.15, 0.2) is 12.1 Å². The minimum atomic E-state index is -0.811. The fraction of sp³-hybridized carbons (Fsp3) is 0.545. The van der Waals surface area contributed by atoms with Gasteiger partial charge in [0.05, 0.1) is 0 Å². The van der Waals surface area contributed by atoms with E-state index in [4.69, 9.17) is 9.84 Å². The van der Waals surface area contributed by atoms with Gasteiger partial charge >= 0.3 is 5.97 Å². The first-order chi connectivity index (χ1) is 7.07. The smallest absolute Gasteiger partial charge is 0.326 e. The summed E-state index contributed by atoms with van der Waals surface area (Å²) in [5, 5.41) is 9.14. The predicted molar refractivity (Wildman–Crippen MR) is 57.1 cm³/mol. The highest BCUT2D eigenvalue weighted by atomic mass is 16.5. The lowest BCUT2D eigenvalue weighted by Gasteiger charge is -2.18. The lowest BCUT2D eigenvalue weighted by atomic mass is 10.2. The molecule has 1 unspecified atom stereocenters.